The summed E-state index contributed by atoms with van der Waals surface area (Å²) < 4.78 is 0. The minimum Gasteiger partial charge on any atom is -0.320 e. The highest BCUT2D eigenvalue weighted by molar-refractivity contribution is 5.91. The van der Waals surface area contributed by atoms with Gasteiger partial charge in [-0.05, 0) is 12.3 Å². The molecule has 9 nitrogen and oxygen atoms in total. The zero-order chi connectivity index (χ0) is 17.7. The zero-order valence-electron chi connectivity index (χ0n) is 13.8. The number of anilines is 1. The monoisotopic (exact) mass is 331 g/mol. The molecule has 24 heavy (non-hydrogen) atoms. The fourth-order valence-corrected chi connectivity index (χ4v) is 2.35. The summed E-state index contributed by atoms with van der Waals surface area (Å²) in [5, 5.41) is 14.0. The van der Waals surface area contributed by atoms with Gasteiger partial charge >= 0.3 is 6.03 Å². The van der Waals surface area contributed by atoms with Gasteiger partial charge in [-0.15, -0.1) is 0 Å². The Morgan fingerprint density at radius 2 is 2.08 bits per heavy atom. The van der Waals surface area contributed by atoms with Crippen LogP contribution in [0.15, 0.2) is 12.4 Å². The van der Waals surface area contributed by atoms with Crippen LogP contribution >= 0.6 is 0 Å². The number of hydrogen-bond acceptors (Lipinski definition) is 6. The predicted molar refractivity (Wildman–Crippen MR) is 86.2 cm³/mol. The van der Waals surface area contributed by atoms with Gasteiger partial charge in [0.2, 0.25) is 0 Å². The smallest absolute Gasteiger partial charge is 0.320 e. The number of hydrogen-bond donors (Lipinski definition) is 2. The van der Waals surface area contributed by atoms with Crippen LogP contribution < -0.4 is 11.1 Å². The molecule has 2 rings (SSSR count). The van der Waals surface area contributed by atoms with E-state index in [1.807, 2.05) is 19.9 Å². The number of hydrazine groups is 1. The van der Waals surface area contributed by atoms with Gasteiger partial charge in [-0.1, -0.05) is 20.3 Å². The van der Waals surface area contributed by atoms with Crippen molar-refractivity contribution in [2.45, 2.75) is 32.7 Å². The van der Waals surface area contributed by atoms with Gasteiger partial charge in [-0.3, -0.25) is 10.1 Å². The number of amides is 3. The van der Waals surface area contributed by atoms with E-state index in [0.717, 1.165) is 6.42 Å². The van der Waals surface area contributed by atoms with Gasteiger partial charge in [0.25, 0.3) is 5.91 Å². The molecule has 2 atom stereocenters. The van der Waals surface area contributed by atoms with E-state index in [1.54, 1.807) is 0 Å². The second kappa shape index (κ2) is 7.70. The minimum absolute atomic E-state index is 0.0346. The highest BCUT2D eigenvalue weighted by Crippen LogP contribution is 2.17. The van der Waals surface area contributed by atoms with Crippen LogP contribution in [0.1, 0.15) is 32.4 Å². The fourth-order valence-electron chi connectivity index (χ4n) is 2.35. The number of nitrogens with zero attached hydrogens (tertiary/aromatic N) is 5. The maximum Gasteiger partial charge on any atom is 0.341 e. The lowest BCUT2D eigenvalue weighted by atomic mass is 9.99. The SMILES string of the molecule is CC[C@H](C)[C@H](N)C(=O)N1CCCN1C(=O)Nc1cnc(C#N)cn1. The van der Waals surface area contributed by atoms with Gasteiger partial charge in [0.05, 0.1) is 18.4 Å². The normalized spacial score (nSPS) is 16.4. The largest absolute Gasteiger partial charge is 0.341 e. The minimum atomic E-state index is -0.641. The summed E-state index contributed by atoms with van der Waals surface area (Å²) in [6.07, 6.45) is 4.03. The molecule has 0 aromatic carbocycles. The lowest BCUT2D eigenvalue weighted by Crippen LogP contribution is -2.53. The van der Waals surface area contributed by atoms with E-state index < -0.39 is 12.1 Å². The highest BCUT2D eigenvalue weighted by atomic mass is 16.2. The first-order chi connectivity index (χ1) is 11.5. The van der Waals surface area contributed by atoms with Crippen LogP contribution in [0.5, 0.6) is 0 Å². The van der Waals surface area contributed by atoms with Gasteiger partial charge in [0.1, 0.15) is 6.07 Å². The molecule has 3 N–H and O–H groups in total. The van der Waals surface area contributed by atoms with Crippen molar-refractivity contribution in [1.29, 1.82) is 5.26 Å². The average Bonchev–Trinajstić information content (AvgIpc) is 3.10. The Balaban J connectivity index is 2.04. The second-order valence-corrected chi connectivity index (χ2v) is 5.68. The van der Waals surface area contributed by atoms with Crippen LogP contribution in [0.25, 0.3) is 0 Å². The molecule has 0 unspecified atom stereocenters. The van der Waals surface area contributed by atoms with Gasteiger partial charge in [0.15, 0.2) is 11.5 Å². The van der Waals surface area contributed by atoms with Crippen LogP contribution in [-0.2, 0) is 4.79 Å². The number of carbonyl (C=O) groups excluding carboxylic acids is 2. The number of nitriles is 1. The topological polar surface area (TPSA) is 128 Å². The number of nitrogens with two attached hydrogens (primary N) is 1. The van der Waals surface area contributed by atoms with E-state index in [2.05, 4.69) is 15.3 Å². The Morgan fingerprint density at radius 3 is 2.67 bits per heavy atom. The van der Waals surface area contributed by atoms with Crippen molar-refractivity contribution in [3.05, 3.63) is 18.1 Å². The Bertz CT molecular complexity index is 640. The van der Waals surface area contributed by atoms with E-state index in [4.69, 9.17) is 11.0 Å². The molecule has 0 saturated carbocycles. The maximum absolute atomic E-state index is 12.5. The van der Waals surface area contributed by atoms with Crippen LogP contribution in [0.4, 0.5) is 10.6 Å². The molecule has 0 spiro atoms. The maximum atomic E-state index is 12.5. The summed E-state index contributed by atoms with van der Waals surface area (Å²) in [5.41, 5.74) is 6.15. The molecule has 0 aliphatic carbocycles. The summed E-state index contributed by atoms with van der Waals surface area (Å²) in [6, 6.07) is 0.733. The third-order valence-electron chi connectivity index (χ3n) is 4.06. The van der Waals surface area contributed by atoms with E-state index in [1.165, 1.54) is 22.4 Å². The van der Waals surface area contributed by atoms with Gasteiger partial charge < -0.3 is 5.73 Å². The van der Waals surface area contributed by atoms with Crippen LogP contribution in [0.2, 0.25) is 0 Å². The van der Waals surface area contributed by atoms with Crippen LogP contribution in [0.3, 0.4) is 0 Å². The van der Waals surface area contributed by atoms with E-state index in [9.17, 15) is 9.59 Å². The lowest BCUT2D eigenvalue weighted by molar-refractivity contribution is -0.142. The van der Waals surface area contributed by atoms with E-state index >= 15 is 0 Å². The summed E-state index contributed by atoms with van der Waals surface area (Å²) in [7, 11) is 0. The number of nitrogens with one attached hydrogen (secondary N) is 1. The molecule has 1 aliphatic rings. The molecule has 0 radical (unpaired) electrons. The summed E-state index contributed by atoms with van der Waals surface area (Å²) in [5.74, 6) is -0.0140. The Labute approximate surface area is 140 Å². The van der Waals surface area contributed by atoms with Crippen molar-refractivity contribution in [1.82, 2.24) is 20.0 Å². The molecule has 0 bridgehead atoms. The number of rotatable bonds is 4. The lowest BCUT2D eigenvalue weighted by Gasteiger charge is -2.31. The van der Waals surface area contributed by atoms with Crippen molar-refractivity contribution in [2.24, 2.45) is 11.7 Å². The Morgan fingerprint density at radius 1 is 1.38 bits per heavy atom. The number of carbonyl (C=O) groups is 2. The first-order valence-electron chi connectivity index (χ1n) is 7.85. The van der Waals surface area contributed by atoms with Crippen molar-refractivity contribution < 1.29 is 9.59 Å². The number of urea groups is 1. The Kier molecular flexibility index (Phi) is 5.65. The molecule has 3 amide bonds. The summed E-state index contributed by atoms with van der Waals surface area (Å²) in [4.78, 5) is 32.7. The molecular weight excluding hydrogens is 310 g/mol. The summed E-state index contributed by atoms with van der Waals surface area (Å²) in [6.45, 7) is 4.76. The van der Waals surface area contributed by atoms with Gasteiger partial charge in [-0.25, -0.2) is 24.8 Å². The molecule has 128 valence electrons. The highest BCUT2D eigenvalue weighted by Gasteiger charge is 2.34. The molecule has 1 fully saturated rings. The summed E-state index contributed by atoms with van der Waals surface area (Å²) >= 11 is 0. The van der Waals surface area contributed by atoms with Crippen molar-refractivity contribution in [3.8, 4) is 6.07 Å². The Hall–Kier alpha value is -2.73. The van der Waals surface area contributed by atoms with Crippen molar-refractivity contribution in [3.63, 3.8) is 0 Å². The predicted octanol–water partition coefficient (Wildman–Crippen LogP) is 0.703. The van der Waals surface area contributed by atoms with Crippen molar-refractivity contribution in [2.75, 3.05) is 18.4 Å². The average molecular weight is 331 g/mol. The van der Waals surface area contributed by atoms with Crippen LogP contribution in [0, 0.1) is 17.2 Å². The van der Waals surface area contributed by atoms with Crippen LogP contribution in [-0.4, -0.2) is 51.1 Å². The number of aromatic nitrogens is 2. The first kappa shape index (κ1) is 17.6. The van der Waals surface area contributed by atoms with E-state index in [0.29, 0.717) is 19.5 Å². The third-order valence-corrected chi connectivity index (χ3v) is 4.06. The van der Waals surface area contributed by atoms with E-state index in [-0.39, 0.29) is 23.3 Å². The van der Waals surface area contributed by atoms with Crippen molar-refractivity contribution >= 4 is 17.8 Å². The fraction of sp³-hybridized carbons (Fsp3) is 0.533. The molecule has 1 aliphatic heterocycles. The molecule has 2 heterocycles. The third kappa shape index (κ3) is 3.78. The second-order valence-electron chi connectivity index (χ2n) is 5.68. The molecule has 1 saturated heterocycles. The molecular formula is C15H21N7O2. The quantitative estimate of drug-likeness (QED) is 0.836. The molecule has 9 heteroatoms. The first-order valence-corrected chi connectivity index (χ1v) is 7.85. The van der Waals surface area contributed by atoms with Gasteiger partial charge in [0, 0.05) is 13.1 Å². The standard InChI is InChI=1S/C15H21N7O2/c1-3-10(2)13(17)14(23)21-5-4-6-22(21)15(24)20-12-9-18-11(7-16)8-19-12/h8-10,13H,3-6,17H2,1-2H3,(H,19,20,24)/t10-,13-/m0/s1. The molecule has 1 aromatic heterocycles. The molecule has 1 aromatic rings. The zero-order valence-corrected chi connectivity index (χ0v) is 13.8. The van der Waals surface area contributed by atoms with Gasteiger partial charge in [-0.2, -0.15) is 5.26 Å².